The maximum atomic E-state index is 13.6. The lowest BCUT2D eigenvalue weighted by atomic mass is 9.64. The zero-order valence-corrected chi connectivity index (χ0v) is 17.1. The van der Waals surface area contributed by atoms with Crippen LogP contribution in [0.1, 0.15) is 48.8 Å². The van der Waals surface area contributed by atoms with Crippen LogP contribution in [0.3, 0.4) is 0 Å². The standard InChI is InChI=1S/C24H24F3NO2/c1-28-19-10-9-17(24(25,26)27)15-18(19)22(12-4-3-5-13-22)23(28)14-11-16-7-6-8-20(29-2)21(16)30-23/h6-11,14-15H,3-5,12-13H2,1-2H3. The third-order valence-corrected chi connectivity index (χ3v) is 7.07. The molecule has 1 saturated carbocycles. The predicted molar refractivity (Wildman–Crippen MR) is 110 cm³/mol. The summed E-state index contributed by atoms with van der Waals surface area (Å²) in [4.78, 5) is 2.01. The first-order chi connectivity index (χ1) is 14.3. The number of hydrogen-bond donors (Lipinski definition) is 0. The molecule has 0 amide bonds. The van der Waals surface area contributed by atoms with Gasteiger partial charge in [-0.15, -0.1) is 0 Å². The molecule has 0 N–H and O–H groups in total. The number of halogens is 3. The molecule has 2 aromatic carbocycles. The number of para-hydroxylation sites is 1. The zero-order chi connectivity index (χ0) is 21.1. The number of anilines is 1. The van der Waals surface area contributed by atoms with Crippen LogP contribution in [-0.2, 0) is 11.6 Å². The molecule has 0 aromatic heterocycles. The minimum atomic E-state index is -4.38. The average molecular weight is 415 g/mol. The molecule has 3 nitrogen and oxygen atoms in total. The van der Waals surface area contributed by atoms with Crippen molar-refractivity contribution in [1.82, 2.24) is 0 Å². The van der Waals surface area contributed by atoms with E-state index in [9.17, 15) is 13.2 Å². The van der Waals surface area contributed by atoms with Crippen LogP contribution in [0.15, 0.2) is 42.5 Å². The van der Waals surface area contributed by atoms with Gasteiger partial charge in [-0.2, -0.15) is 13.2 Å². The Bertz CT molecular complexity index is 1020. The van der Waals surface area contributed by atoms with Crippen LogP contribution in [0.4, 0.5) is 18.9 Å². The molecular weight excluding hydrogens is 391 g/mol. The van der Waals surface area contributed by atoms with Gasteiger partial charge in [-0.1, -0.05) is 31.4 Å². The van der Waals surface area contributed by atoms with Crippen molar-refractivity contribution in [2.45, 2.75) is 49.4 Å². The summed E-state index contributed by atoms with van der Waals surface area (Å²) in [6.45, 7) is 0. The first kappa shape index (κ1) is 19.3. The summed E-state index contributed by atoms with van der Waals surface area (Å²) >= 11 is 0. The Hall–Kier alpha value is -2.63. The zero-order valence-electron chi connectivity index (χ0n) is 17.1. The number of methoxy groups -OCH3 is 1. The number of ether oxygens (including phenoxy) is 2. The third-order valence-electron chi connectivity index (χ3n) is 7.07. The Balaban J connectivity index is 1.73. The van der Waals surface area contributed by atoms with Crippen molar-refractivity contribution < 1.29 is 22.6 Å². The van der Waals surface area contributed by atoms with E-state index in [1.807, 2.05) is 42.3 Å². The molecule has 1 fully saturated rings. The van der Waals surface area contributed by atoms with E-state index in [0.717, 1.165) is 48.9 Å². The Morgan fingerprint density at radius 2 is 1.83 bits per heavy atom. The normalized spacial score (nSPS) is 24.0. The fourth-order valence-corrected chi connectivity index (χ4v) is 5.63. The van der Waals surface area contributed by atoms with Gasteiger partial charge in [0.15, 0.2) is 11.5 Å². The minimum absolute atomic E-state index is 0.550. The third kappa shape index (κ3) is 2.45. The highest BCUT2D eigenvalue weighted by molar-refractivity contribution is 5.74. The quantitative estimate of drug-likeness (QED) is 0.556. The Kier molecular flexibility index (Phi) is 4.15. The molecule has 0 radical (unpaired) electrons. The number of alkyl halides is 3. The van der Waals surface area contributed by atoms with Crippen LogP contribution in [0.5, 0.6) is 11.5 Å². The first-order valence-electron chi connectivity index (χ1n) is 10.3. The van der Waals surface area contributed by atoms with Crippen molar-refractivity contribution in [3.05, 3.63) is 59.2 Å². The van der Waals surface area contributed by atoms with Gasteiger partial charge in [0.2, 0.25) is 5.72 Å². The fraction of sp³-hybridized carbons (Fsp3) is 0.417. The van der Waals surface area contributed by atoms with E-state index >= 15 is 0 Å². The maximum Gasteiger partial charge on any atom is 0.416 e. The van der Waals surface area contributed by atoms with Gasteiger partial charge in [-0.3, -0.25) is 0 Å². The van der Waals surface area contributed by atoms with Crippen LogP contribution in [0.25, 0.3) is 6.08 Å². The molecule has 30 heavy (non-hydrogen) atoms. The van der Waals surface area contributed by atoms with Crippen LogP contribution in [0.2, 0.25) is 0 Å². The smallest absolute Gasteiger partial charge is 0.416 e. The molecule has 5 rings (SSSR count). The summed E-state index contributed by atoms with van der Waals surface area (Å²) in [5, 5.41) is 0. The molecule has 0 saturated heterocycles. The maximum absolute atomic E-state index is 13.6. The van der Waals surface area contributed by atoms with E-state index in [1.54, 1.807) is 13.2 Å². The van der Waals surface area contributed by atoms with Gasteiger partial charge in [0.05, 0.1) is 18.1 Å². The number of likely N-dealkylation sites (N-methyl/N-ethyl adjacent to an activating group) is 1. The van der Waals surface area contributed by atoms with E-state index in [2.05, 4.69) is 0 Å². The summed E-state index contributed by atoms with van der Waals surface area (Å²) in [7, 11) is 3.52. The molecule has 0 bridgehead atoms. The molecule has 3 aliphatic rings. The fourth-order valence-electron chi connectivity index (χ4n) is 5.63. The molecule has 1 unspecified atom stereocenters. The molecule has 2 aliphatic heterocycles. The summed E-state index contributed by atoms with van der Waals surface area (Å²) < 4.78 is 53.0. The van der Waals surface area contributed by atoms with E-state index in [0.29, 0.717) is 11.5 Å². The predicted octanol–water partition coefficient (Wildman–Crippen LogP) is 6.17. The van der Waals surface area contributed by atoms with Gasteiger partial charge in [0.1, 0.15) is 0 Å². The molecule has 1 atom stereocenters. The van der Waals surface area contributed by atoms with Crippen LogP contribution in [0, 0.1) is 0 Å². The Labute approximate surface area is 174 Å². The molecule has 2 aromatic rings. The topological polar surface area (TPSA) is 21.7 Å². The summed E-state index contributed by atoms with van der Waals surface area (Å²) in [6.07, 6.45) is 4.24. The van der Waals surface area contributed by atoms with Crippen LogP contribution in [-0.4, -0.2) is 19.9 Å². The lowest BCUT2D eigenvalue weighted by Crippen LogP contribution is -2.61. The lowest BCUT2D eigenvalue weighted by Gasteiger charge is -2.50. The van der Waals surface area contributed by atoms with E-state index in [4.69, 9.17) is 9.47 Å². The molecule has 1 aliphatic carbocycles. The number of hydrogen-bond acceptors (Lipinski definition) is 3. The minimum Gasteiger partial charge on any atom is -0.493 e. The Morgan fingerprint density at radius 1 is 1.07 bits per heavy atom. The monoisotopic (exact) mass is 415 g/mol. The highest BCUT2D eigenvalue weighted by Crippen LogP contribution is 2.61. The molecule has 2 spiro atoms. The van der Waals surface area contributed by atoms with Gasteiger partial charge in [0, 0.05) is 18.3 Å². The summed E-state index contributed by atoms with van der Waals surface area (Å²) in [6, 6.07) is 9.83. The highest BCUT2D eigenvalue weighted by atomic mass is 19.4. The van der Waals surface area contributed by atoms with E-state index in [-0.39, 0.29) is 0 Å². The second-order valence-corrected chi connectivity index (χ2v) is 8.44. The van der Waals surface area contributed by atoms with Crippen molar-refractivity contribution in [3.63, 3.8) is 0 Å². The molecular formula is C24H24F3NO2. The molecule has 158 valence electrons. The molecule has 6 heteroatoms. The van der Waals surface area contributed by atoms with E-state index in [1.165, 1.54) is 12.1 Å². The van der Waals surface area contributed by atoms with Crippen LogP contribution < -0.4 is 14.4 Å². The number of fused-ring (bicyclic) bond motifs is 4. The van der Waals surface area contributed by atoms with Crippen molar-refractivity contribution in [1.29, 1.82) is 0 Å². The number of nitrogens with zero attached hydrogens (tertiary/aromatic N) is 1. The van der Waals surface area contributed by atoms with Gasteiger partial charge in [-0.05, 0) is 54.8 Å². The summed E-state index contributed by atoms with van der Waals surface area (Å²) in [5.41, 5.74) is 0.406. The second kappa shape index (κ2) is 6.43. The molecule has 2 heterocycles. The SMILES string of the molecule is COc1cccc2c1OC1(C=C2)N(C)c2ccc(C(F)(F)F)cc2C12CCCCC2. The van der Waals surface area contributed by atoms with Gasteiger partial charge in [0.25, 0.3) is 0 Å². The number of benzene rings is 2. The van der Waals surface area contributed by atoms with Gasteiger partial charge < -0.3 is 14.4 Å². The highest BCUT2D eigenvalue weighted by Gasteiger charge is 2.63. The Morgan fingerprint density at radius 3 is 2.53 bits per heavy atom. The lowest BCUT2D eigenvalue weighted by molar-refractivity contribution is -0.137. The van der Waals surface area contributed by atoms with E-state index < -0.39 is 22.9 Å². The average Bonchev–Trinajstić information content (AvgIpc) is 2.93. The van der Waals surface area contributed by atoms with Crippen molar-refractivity contribution in [2.24, 2.45) is 0 Å². The largest absolute Gasteiger partial charge is 0.493 e. The second-order valence-electron chi connectivity index (χ2n) is 8.44. The van der Waals surface area contributed by atoms with Crippen LogP contribution >= 0.6 is 0 Å². The number of rotatable bonds is 1. The van der Waals surface area contributed by atoms with Gasteiger partial charge >= 0.3 is 6.18 Å². The van der Waals surface area contributed by atoms with Gasteiger partial charge in [-0.25, -0.2) is 0 Å². The first-order valence-corrected chi connectivity index (χ1v) is 10.3. The van der Waals surface area contributed by atoms with Crippen molar-refractivity contribution >= 4 is 11.8 Å². The van der Waals surface area contributed by atoms with Crippen molar-refractivity contribution in [2.75, 3.05) is 19.1 Å². The van der Waals surface area contributed by atoms with Crippen molar-refractivity contribution in [3.8, 4) is 11.5 Å². The summed E-state index contributed by atoms with van der Waals surface area (Å²) in [5.74, 6) is 1.27.